The van der Waals surface area contributed by atoms with Crippen molar-refractivity contribution in [2.75, 3.05) is 18.0 Å². The summed E-state index contributed by atoms with van der Waals surface area (Å²) in [7, 11) is 0. The smallest absolute Gasteiger partial charge is 0.161 e. The Hall–Kier alpha value is -1.97. The quantitative estimate of drug-likeness (QED) is 0.843. The fourth-order valence-electron chi connectivity index (χ4n) is 2.82. The molecule has 0 aromatic carbocycles. The number of nitrogens with zero attached hydrogens (tertiary/aromatic N) is 4. The molecule has 2 aromatic heterocycles. The van der Waals surface area contributed by atoms with Gasteiger partial charge in [-0.3, -0.25) is 4.98 Å². The maximum Gasteiger partial charge on any atom is 0.161 e. The van der Waals surface area contributed by atoms with Gasteiger partial charge >= 0.3 is 0 Å². The second-order valence-corrected chi connectivity index (χ2v) is 5.68. The molecule has 1 aliphatic heterocycles. The van der Waals surface area contributed by atoms with Crippen LogP contribution in [0.15, 0.2) is 30.6 Å². The minimum absolute atomic E-state index is 0.800. The largest absolute Gasteiger partial charge is 0.356 e. The van der Waals surface area contributed by atoms with Gasteiger partial charge in [0, 0.05) is 42.8 Å². The van der Waals surface area contributed by atoms with Gasteiger partial charge < -0.3 is 4.90 Å². The molecule has 4 heteroatoms. The van der Waals surface area contributed by atoms with Gasteiger partial charge in [-0.15, -0.1) is 0 Å². The van der Waals surface area contributed by atoms with Crippen LogP contribution < -0.4 is 4.90 Å². The second-order valence-electron chi connectivity index (χ2n) is 5.68. The maximum atomic E-state index is 4.79. The molecule has 3 rings (SSSR count). The molecule has 3 heterocycles. The van der Waals surface area contributed by atoms with E-state index in [0.717, 1.165) is 36.0 Å². The fourth-order valence-corrected chi connectivity index (χ4v) is 2.82. The molecular weight excluding hydrogens is 260 g/mol. The van der Waals surface area contributed by atoms with Crippen LogP contribution in [0.4, 0.5) is 5.82 Å². The summed E-state index contributed by atoms with van der Waals surface area (Å²) in [5.41, 5.74) is 2.05. The van der Waals surface area contributed by atoms with E-state index in [1.54, 1.807) is 12.4 Å². The Morgan fingerprint density at radius 3 is 2.29 bits per heavy atom. The molecule has 0 N–H and O–H groups in total. The van der Waals surface area contributed by atoms with E-state index in [9.17, 15) is 0 Å². The van der Waals surface area contributed by atoms with Crippen LogP contribution in [0, 0.1) is 6.92 Å². The van der Waals surface area contributed by atoms with E-state index in [0.29, 0.717) is 0 Å². The van der Waals surface area contributed by atoms with Gasteiger partial charge in [0.05, 0.1) is 0 Å². The van der Waals surface area contributed by atoms with E-state index in [4.69, 9.17) is 4.98 Å². The minimum Gasteiger partial charge on any atom is -0.356 e. The summed E-state index contributed by atoms with van der Waals surface area (Å²) in [5.74, 6) is 1.87. The lowest BCUT2D eigenvalue weighted by atomic mass is 10.1. The number of hydrogen-bond acceptors (Lipinski definition) is 4. The summed E-state index contributed by atoms with van der Waals surface area (Å²) in [6, 6.07) is 6.03. The zero-order valence-electron chi connectivity index (χ0n) is 12.6. The predicted octanol–water partition coefficient (Wildman–Crippen LogP) is 3.62. The third-order valence-corrected chi connectivity index (χ3v) is 3.96. The van der Waals surface area contributed by atoms with Crippen molar-refractivity contribution in [2.45, 2.75) is 39.0 Å². The number of pyridine rings is 1. The number of anilines is 1. The first-order valence-corrected chi connectivity index (χ1v) is 7.84. The summed E-state index contributed by atoms with van der Waals surface area (Å²) < 4.78 is 0. The predicted molar refractivity (Wildman–Crippen MR) is 85.3 cm³/mol. The van der Waals surface area contributed by atoms with Gasteiger partial charge in [0.1, 0.15) is 5.82 Å². The summed E-state index contributed by atoms with van der Waals surface area (Å²) >= 11 is 0. The highest BCUT2D eigenvalue weighted by molar-refractivity contribution is 5.57. The maximum absolute atomic E-state index is 4.79. The van der Waals surface area contributed by atoms with Crippen molar-refractivity contribution in [1.29, 1.82) is 0 Å². The SMILES string of the molecule is Cc1cc(N2CCCCCCC2)nc(-c2ccncc2)n1. The highest BCUT2D eigenvalue weighted by atomic mass is 15.2. The van der Waals surface area contributed by atoms with Crippen LogP contribution in [0.1, 0.15) is 37.8 Å². The van der Waals surface area contributed by atoms with Crippen LogP contribution in [0.2, 0.25) is 0 Å². The van der Waals surface area contributed by atoms with E-state index in [2.05, 4.69) is 20.9 Å². The van der Waals surface area contributed by atoms with Crippen LogP contribution >= 0.6 is 0 Å². The average Bonchev–Trinajstić information content (AvgIpc) is 2.47. The second kappa shape index (κ2) is 6.66. The minimum atomic E-state index is 0.800. The van der Waals surface area contributed by atoms with E-state index in [-0.39, 0.29) is 0 Å². The highest BCUT2D eigenvalue weighted by Crippen LogP contribution is 2.22. The van der Waals surface area contributed by atoms with E-state index in [1.807, 2.05) is 19.1 Å². The van der Waals surface area contributed by atoms with Crippen LogP contribution in [0.5, 0.6) is 0 Å². The topological polar surface area (TPSA) is 41.9 Å². The molecular formula is C17H22N4. The first-order valence-electron chi connectivity index (χ1n) is 7.84. The van der Waals surface area contributed by atoms with Gasteiger partial charge in [0.2, 0.25) is 0 Å². The standard InChI is InChI=1S/C17H22N4/c1-14-13-16(21-11-5-3-2-4-6-12-21)20-17(19-14)15-7-9-18-10-8-15/h7-10,13H,2-6,11-12H2,1H3. The summed E-state index contributed by atoms with van der Waals surface area (Å²) in [6.45, 7) is 4.25. The van der Waals surface area contributed by atoms with Gasteiger partial charge in [-0.1, -0.05) is 19.3 Å². The van der Waals surface area contributed by atoms with E-state index < -0.39 is 0 Å². The number of aromatic nitrogens is 3. The van der Waals surface area contributed by atoms with Crippen LogP contribution in [-0.2, 0) is 0 Å². The van der Waals surface area contributed by atoms with Gasteiger partial charge in [0.15, 0.2) is 5.82 Å². The van der Waals surface area contributed by atoms with Crippen LogP contribution in [0.3, 0.4) is 0 Å². The third-order valence-electron chi connectivity index (χ3n) is 3.96. The molecule has 0 radical (unpaired) electrons. The van der Waals surface area contributed by atoms with Crippen molar-refractivity contribution in [3.63, 3.8) is 0 Å². The monoisotopic (exact) mass is 282 g/mol. The first-order chi connectivity index (χ1) is 10.3. The lowest BCUT2D eigenvalue weighted by Gasteiger charge is -2.26. The van der Waals surface area contributed by atoms with E-state index >= 15 is 0 Å². The molecule has 1 fully saturated rings. The van der Waals surface area contributed by atoms with Crippen molar-refractivity contribution in [3.05, 3.63) is 36.3 Å². The fraction of sp³-hybridized carbons (Fsp3) is 0.471. The molecule has 1 saturated heterocycles. The number of aryl methyl sites for hydroxylation is 1. The van der Waals surface area contributed by atoms with Gasteiger partial charge in [-0.25, -0.2) is 9.97 Å². The molecule has 110 valence electrons. The molecule has 0 saturated carbocycles. The van der Waals surface area contributed by atoms with Gasteiger partial charge in [-0.2, -0.15) is 0 Å². The molecule has 0 aliphatic carbocycles. The lowest BCUT2D eigenvalue weighted by molar-refractivity contribution is 0.553. The summed E-state index contributed by atoms with van der Waals surface area (Å²) in [4.78, 5) is 15.8. The Balaban J connectivity index is 1.89. The Morgan fingerprint density at radius 1 is 0.905 bits per heavy atom. The van der Waals surface area contributed by atoms with Crippen molar-refractivity contribution in [2.24, 2.45) is 0 Å². The van der Waals surface area contributed by atoms with Crippen LogP contribution in [-0.4, -0.2) is 28.0 Å². The number of rotatable bonds is 2. The molecule has 0 bridgehead atoms. The molecule has 0 atom stereocenters. The number of hydrogen-bond donors (Lipinski definition) is 0. The van der Waals surface area contributed by atoms with Crippen molar-refractivity contribution in [1.82, 2.24) is 15.0 Å². The lowest BCUT2D eigenvalue weighted by Crippen LogP contribution is -2.28. The van der Waals surface area contributed by atoms with Gasteiger partial charge in [-0.05, 0) is 31.9 Å². The molecule has 21 heavy (non-hydrogen) atoms. The summed E-state index contributed by atoms with van der Waals surface area (Å²) in [6.07, 6.45) is 10.1. The molecule has 0 spiro atoms. The Bertz CT molecular complexity index is 575. The first kappa shape index (κ1) is 14.0. The average molecular weight is 282 g/mol. The Morgan fingerprint density at radius 2 is 1.57 bits per heavy atom. The zero-order valence-corrected chi connectivity index (χ0v) is 12.6. The Labute approximate surface area is 126 Å². The van der Waals surface area contributed by atoms with Crippen molar-refractivity contribution in [3.8, 4) is 11.4 Å². The highest BCUT2D eigenvalue weighted by Gasteiger charge is 2.13. The van der Waals surface area contributed by atoms with Crippen molar-refractivity contribution < 1.29 is 0 Å². The normalized spacial score (nSPS) is 16.3. The molecule has 2 aromatic rings. The molecule has 0 amide bonds. The molecule has 1 aliphatic rings. The Kier molecular flexibility index (Phi) is 4.43. The third kappa shape index (κ3) is 3.57. The molecule has 4 nitrogen and oxygen atoms in total. The summed E-state index contributed by atoms with van der Waals surface area (Å²) in [5, 5.41) is 0. The van der Waals surface area contributed by atoms with Crippen LogP contribution in [0.25, 0.3) is 11.4 Å². The van der Waals surface area contributed by atoms with Gasteiger partial charge in [0.25, 0.3) is 0 Å². The zero-order chi connectivity index (χ0) is 14.5. The van der Waals surface area contributed by atoms with E-state index in [1.165, 1.54) is 32.1 Å². The molecule has 0 unspecified atom stereocenters. The van der Waals surface area contributed by atoms with Crippen molar-refractivity contribution >= 4 is 5.82 Å².